The molecular weight excluding hydrogens is 276 g/mol. The summed E-state index contributed by atoms with van der Waals surface area (Å²) in [6.45, 7) is 3.48. The van der Waals surface area contributed by atoms with Crippen molar-refractivity contribution in [2.24, 2.45) is 0 Å². The van der Waals surface area contributed by atoms with Gasteiger partial charge >= 0.3 is 6.18 Å². The molecule has 0 spiro atoms. The number of halogens is 4. The van der Waals surface area contributed by atoms with E-state index in [4.69, 9.17) is 4.74 Å². The Hall–Kier alpha value is -1.43. The predicted octanol–water partition coefficient (Wildman–Crippen LogP) is 4.29. The van der Waals surface area contributed by atoms with Crippen molar-refractivity contribution < 1.29 is 27.1 Å². The van der Waals surface area contributed by atoms with Gasteiger partial charge in [-0.15, -0.1) is 0 Å². The molecule has 1 unspecified atom stereocenters. The average molecular weight is 292 g/mol. The highest BCUT2D eigenvalue weighted by Crippen LogP contribution is 2.36. The Morgan fingerprint density at radius 1 is 1.30 bits per heavy atom. The van der Waals surface area contributed by atoms with Crippen molar-refractivity contribution in [3.63, 3.8) is 0 Å². The highest BCUT2D eigenvalue weighted by atomic mass is 19.4. The number of carbonyl (C=O) groups is 1. The third kappa shape index (κ3) is 4.03. The van der Waals surface area contributed by atoms with Gasteiger partial charge in [0.25, 0.3) is 0 Å². The number of rotatable bonds is 6. The summed E-state index contributed by atoms with van der Waals surface area (Å²) in [6.07, 6.45) is -5.43. The average Bonchev–Trinajstić information content (AvgIpc) is 2.38. The Bertz CT molecular complexity index is 469. The number of ketones is 1. The lowest BCUT2D eigenvalue weighted by molar-refractivity contribution is -0.141. The van der Waals surface area contributed by atoms with Crippen molar-refractivity contribution in [1.82, 2.24) is 0 Å². The van der Waals surface area contributed by atoms with Gasteiger partial charge in [0.05, 0.1) is 5.56 Å². The highest BCUT2D eigenvalue weighted by molar-refractivity contribution is 5.84. The fourth-order valence-corrected chi connectivity index (χ4v) is 1.78. The van der Waals surface area contributed by atoms with Gasteiger partial charge in [0.15, 0.2) is 5.78 Å². The predicted molar refractivity (Wildman–Crippen MR) is 65.7 cm³/mol. The molecule has 0 saturated carbocycles. The summed E-state index contributed by atoms with van der Waals surface area (Å²) < 4.78 is 57.1. The zero-order valence-corrected chi connectivity index (χ0v) is 11.3. The van der Waals surface area contributed by atoms with Crippen molar-refractivity contribution in [3.05, 3.63) is 35.1 Å². The van der Waals surface area contributed by atoms with Crippen LogP contribution in [0.5, 0.6) is 0 Å². The monoisotopic (exact) mass is 292 g/mol. The fourth-order valence-electron chi connectivity index (χ4n) is 1.78. The fraction of sp³-hybridized carbons (Fsp3) is 0.500. The minimum absolute atomic E-state index is 0.0447. The Labute approximate surface area is 114 Å². The van der Waals surface area contributed by atoms with E-state index in [0.29, 0.717) is 12.5 Å². The van der Waals surface area contributed by atoms with Crippen LogP contribution in [0.3, 0.4) is 0 Å². The molecule has 1 atom stereocenters. The van der Waals surface area contributed by atoms with Crippen molar-refractivity contribution in [3.8, 4) is 0 Å². The molecular formula is C14H16F4O2. The molecule has 1 rings (SSSR count). The van der Waals surface area contributed by atoms with Gasteiger partial charge in [0.1, 0.15) is 11.9 Å². The number of benzene rings is 1. The molecule has 0 fully saturated rings. The maximum Gasteiger partial charge on any atom is 0.416 e. The van der Waals surface area contributed by atoms with Gasteiger partial charge in [-0.1, -0.05) is 19.9 Å². The topological polar surface area (TPSA) is 26.3 Å². The minimum atomic E-state index is -4.74. The van der Waals surface area contributed by atoms with Gasteiger partial charge in [-0.3, -0.25) is 4.79 Å². The molecule has 0 aliphatic rings. The third-order valence-corrected chi connectivity index (χ3v) is 2.73. The first-order valence-electron chi connectivity index (χ1n) is 6.32. The summed E-state index contributed by atoms with van der Waals surface area (Å²) in [7, 11) is 0. The van der Waals surface area contributed by atoms with Gasteiger partial charge in [-0.25, -0.2) is 4.39 Å². The lowest BCUT2D eigenvalue weighted by atomic mass is 9.97. The van der Waals surface area contributed by atoms with Crippen LogP contribution in [-0.4, -0.2) is 12.4 Å². The van der Waals surface area contributed by atoms with E-state index >= 15 is 0 Å². The molecule has 0 aliphatic carbocycles. The summed E-state index contributed by atoms with van der Waals surface area (Å²) >= 11 is 0. The summed E-state index contributed by atoms with van der Waals surface area (Å²) in [6, 6.07) is 2.25. The number of hydrogen-bond acceptors (Lipinski definition) is 2. The van der Waals surface area contributed by atoms with Crippen LogP contribution in [-0.2, 0) is 15.7 Å². The molecule has 1 aromatic rings. The summed E-state index contributed by atoms with van der Waals surface area (Å²) in [5.74, 6) is -1.46. The molecule has 0 aromatic heterocycles. The van der Waals surface area contributed by atoms with E-state index in [9.17, 15) is 22.4 Å². The number of Topliss-reactive ketones (excluding diaryl/α,β-unsaturated/α-hetero) is 1. The SMILES string of the molecule is CCCOC(C(=O)CC)c1ccc(F)cc1C(F)(F)F. The van der Waals surface area contributed by atoms with Gasteiger partial charge in [-0.05, 0) is 18.6 Å². The Kier molecular flexibility index (Phi) is 5.68. The molecule has 0 amide bonds. The molecule has 2 nitrogen and oxygen atoms in total. The second-order valence-electron chi connectivity index (χ2n) is 4.30. The van der Waals surface area contributed by atoms with E-state index in [1.54, 1.807) is 13.8 Å². The largest absolute Gasteiger partial charge is 0.416 e. The first-order chi connectivity index (χ1) is 9.31. The quantitative estimate of drug-likeness (QED) is 0.731. The maximum atomic E-state index is 13.1. The van der Waals surface area contributed by atoms with Crippen LogP contribution in [0.15, 0.2) is 18.2 Å². The lowest BCUT2D eigenvalue weighted by Crippen LogP contribution is -2.20. The maximum absolute atomic E-state index is 13.1. The standard InChI is InChI=1S/C14H16F4O2/c1-3-7-20-13(12(19)4-2)10-6-5-9(15)8-11(10)14(16,17)18/h5-6,8,13H,3-4,7H2,1-2H3. The van der Waals surface area contributed by atoms with Crippen molar-refractivity contribution >= 4 is 5.78 Å². The number of carbonyl (C=O) groups excluding carboxylic acids is 1. The molecule has 20 heavy (non-hydrogen) atoms. The van der Waals surface area contributed by atoms with Crippen LogP contribution in [0.4, 0.5) is 17.6 Å². The van der Waals surface area contributed by atoms with Crippen LogP contribution in [0.2, 0.25) is 0 Å². The zero-order valence-electron chi connectivity index (χ0n) is 11.3. The minimum Gasteiger partial charge on any atom is -0.366 e. The molecule has 112 valence electrons. The Morgan fingerprint density at radius 2 is 1.95 bits per heavy atom. The summed E-state index contributed by atoms with van der Waals surface area (Å²) in [5, 5.41) is 0. The summed E-state index contributed by atoms with van der Waals surface area (Å²) in [4.78, 5) is 11.8. The molecule has 0 saturated heterocycles. The lowest BCUT2D eigenvalue weighted by Gasteiger charge is -2.21. The zero-order chi connectivity index (χ0) is 15.3. The molecule has 6 heteroatoms. The molecule has 0 N–H and O–H groups in total. The molecule has 0 bridgehead atoms. The van der Waals surface area contributed by atoms with E-state index in [1.807, 2.05) is 0 Å². The number of alkyl halides is 3. The number of hydrogen-bond donors (Lipinski definition) is 0. The second-order valence-corrected chi connectivity index (χ2v) is 4.30. The number of ether oxygens (including phenoxy) is 1. The molecule has 1 aromatic carbocycles. The van der Waals surface area contributed by atoms with Gasteiger partial charge in [-0.2, -0.15) is 13.2 Å². The van der Waals surface area contributed by atoms with E-state index in [0.717, 1.165) is 12.1 Å². The third-order valence-electron chi connectivity index (χ3n) is 2.73. The molecule has 0 aliphatic heterocycles. The van der Waals surface area contributed by atoms with Crippen molar-refractivity contribution in [2.75, 3.05) is 6.61 Å². The van der Waals surface area contributed by atoms with Crippen molar-refractivity contribution in [2.45, 2.75) is 39.0 Å². The van der Waals surface area contributed by atoms with Gasteiger partial charge in [0, 0.05) is 18.6 Å². The van der Waals surface area contributed by atoms with Gasteiger partial charge < -0.3 is 4.74 Å². The Balaban J connectivity index is 3.28. The first kappa shape index (κ1) is 16.6. The van der Waals surface area contributed by atoms with E-state index < -0.39 is 29.4 Å². The van der Waals surface area contributed by atoms with Crippen LogP contribution in [0.25, 0.3) is 0 Å². The van der Waals surface area contributed by atoms with Crippen LogP contribution < -0.4 is 0 Å². The van der Waals surface area contributed by atoms with E-state index in [2.05, 4.69) is 0 Å². The summed E-state index contributed by atoms with van der Waals surface area (Å²) in [5.41, 5.74) is -1.50. The van der Waals surface area contributed by atoms with E-state index in [-0.39, 0.29) is 18.6 Å². The normalized spacial score (nSPS) is 13.3. The van der Waals surface area contributed by atoms with Crippen molar-refractivity contribution in [1.29, 1.82) is 0 Å². The van der Waals surface area contributed by atoms with Crippen LogP contribution >= 0.6 is 0 Å². The Morgan fingerprint density at radius 3 is 2.45 bits per heavy atom. The van der Waals surface area contributed by atoms with Gasteiger partial charge in [0.2, 0.25) is 0 Å². The van der Waals surface area contributed by atoms with Crippen LogP contribution in [0, 0.1) is 5.82 Å². The smallest absolute Gasteiger partial charge is 0.366 e. The molecule has 0 heterocycles. The van der Waals surface area contributed by atoms with E-state index in [1.165, 1.54) is 0 Å². The second kappa shape index (κ2) is 6.83. The highest BCUT2D eigenvalue weighted by Gasteiger charge is 2.37. The van der Waals surface area contributed by atoms with Crippen LogP contribution in [0.1, 0.15) is 43.9 Å². The molecule has 0 radical (unpaired) electrons. The first-order valence-corrected chi connectivity index (χ1v) is 6.32.